The molecule has 1 N–H and O–H groups in total. The van der Waals surface area contributed by atoms with Crippen LogP contribution in [0.25, 0.3) is 0 Å². The van der Waals surface area contributed by atoms with Gasteiger partial charge in [0.25, 0.3) is 0 Å². The molecule has 1 aromatic heterocycles. The van der Waals surface area contributed by atoms with Gasteiger partial charge in [-0.2, -0.15) is 0 Å². The van der Waals surface area contributed by atoms with Gasteiger partial charge < -0.3 is 24.3 Å². The Bertz CT molecular complexity index is 790. The minimum atomic E-state index is -0.100. The van der Waals surface area contributed by atoms with Crippen LogP contribution in [0.15, 0.2) is 30.6 Å². The van der Waals surface area contributed by atoms with Gasteiger partial charge in [-0.15, -0.1) is 0 Å². The van der Waals surface area contributed by atoms with Crippen molar-refractivity contribution in [1.29, 1.82) is 0 Å². The molecule has 0 atom stereocenters. The largest absolute Gasteiger partial charge is 0.497 e. The summed E-state index contributed by atoms with van der Waals surface area (Å²) in [6.45, 7) is 9.33. The van der Waals surface area contributed by atoms with Gasteiger partial charge in [0.15, 0.2) is 0 Å². The first kappa shape index (κ1) is 21.0. The first-order chi connectivity index (χ1) is 14.0. The number of ether oxygens (including phenoxy) is 2. The summed E-state index contributed by atoms with van der Waals surface area (Å²) in [5, 5.41) is 2.95. The SMILES string of the molecule is COc1cc(NC(=O)N2CCN(CCn3ccnc3C(C)C)CC2)cc(OC)c1. The topological polar surface area (TPSA) is 71.9 Å². The summed E-state index contributed by atoms with van der Waals surface area (Å²) in [6.07, 6.45) is 3.91. The molecule has 3 rings (SSSR count). The second kappa shape index (κ2) is 9.65. The van der Waals surface area contributed by atoms with Crippen LogP contribution in [0.3, 0.4) is 0 Å². The van der Waals surface area contributed by atoms with Crippen molar-refractivity contribution < 1.29 is 14.3 Å². The average molecular weight is 402 g/mol. The fourth-order valence-electron chi connectivity index (χ4n) is 3.52. The molecule has 0 radical (unpaired) electrons. The number of benzene rings is 1. The number of urea groups is 1. The number of anilines is 1. The van der Waals surface area contributed by atoms with Crippen molar-refractivity contribution in [2.45, 2.75) is 26.3 Å². The fraction of sp³-hybridized carbons (Fsp3) is 0.524. The molecule has 8 nitrogen and oxygen atoms in total. The first-order valence-electron chi connectivity index (χ1n) is 10.0. The van der Waals surface area contributed by atoms with Crippen LogP contribution in [0.1, 0.15) is 25.6 Å². The number of amides is 2. The summed E-state index contributed by atoms with van der Waals surface area (Å²) < 4.78 is 12.7. The number of aromatic nitrogens is 2. The number of nitrogens with zero attached hydrogens (tertiary/aromatic N) is 4. The minimum absolute atomic E-state index is 0.100. The van der Waals surface area contributed by atoms with Gasteiger partial charge in [0.2, 0.25) is 0 Å². The second-order valence-corrected chi connectivity index (χ2v) is 7.49. The minimum Gasteiger partial charge on any atom is -0.497 e. The van der Waals surface area contributed by atoms with Gasteiger partial charge >= 0.3 is 6.03 Å². The van der Waals surface area contributed by atoms with E-state index in [4.69, 9.17) is 9.47 Å². The molecule has 0 saturated carbocycles. The molecule has 1 aromatic carbocycles. The Balaban J connectivity index is 1.49. The second-order valence-electron chi connectivity index (χ2n) is 7.49. The zero-order chi connectivity index (χ0) is 20.8. The van der Waals surface area contributed by atoms with Crippen LogP contribution in [-0.2, 0) is 6.54 Å². The van der Waals surface area contributed by atoms with E-state index in [2.05, 4.69) is 33.6 Å². The van der Waals surface area contributed by atoms with Crippen molar-refractivity contribution in [2.75, 3.05) is 52.3 Å². The summed E-state index contributed by atoms with van der Waals surface area (Å²) in [4.78, 5) is 21.3. The quantitative estimate of drug-likeness (QED) is 0.772. The molecule has 158 valence electrons. The number of hydrogen-bond acceptors (Lipinski definition) is 5. The number of carbonyl (C=O) groups excluding carboxylic acids is 1. The predicted molar refractivity (Wildman–Crippen MR) is 113 cm³/mol. The molecule has 2 amide bonds. The van der Waals surface area contributed by atoms with Crippen molar-refractivity contribution in [3.8, 4) is 11.5 Å². The molecule has 0 aliphatic carbocycles. The Morgan fingerprint density at radius 2 is 1.72 bits per heavy atom. The molecular weight excluding hydrogens is 370 g/mol. The number of hydrogen-bond donors (Lipinski definition) is 1. The van der Waals surface area contributed by atoms with Gasteiger partial charge in [0.1, 0.15) is 17.3 Å². The van der Waals surface area contributed by atoms with E-state index in [1.165, 1.54) is 0 Å². The highest BCUT2D eigenvalue weighted by Crippen LogP contribution is 2.26. The van der Waals surface area contributed by atoms with Crippen LogP contribution in [-0.4, -0.2) is 72.3 Å². The number of imidazole rings is 1. The molecule has 2 aromatic rings. The van der Waals surface area contributed by atoms with Gasteiger partial charge in [0, 0.05) is 81.5 Å². The lowest BCUT2D eigenvalue weighted by atomic mass is 10.2. The number of nitrogens with one attached hydrogen (secondary N) is 1. The normalized spacial score (nSPS) is 14.9. The van der Waals surface area contributed by atoms with E-state index >= 15 is 0 Å². The summed E-state index contributed by atoms with van der Waals surface area (Å²) in [7, 11) is 3.18. The molecule has 2 heterocycles. The van der Waals surface area contributed by atoms with Gasteiger partial charge in [-0.1, -0.05) is 13.8 Å². The summed E-state index contributed by atoms with van der Waals surface area (Å²) in [5.41, 5.74) is 0.662. The summed E-state index contributed by atoms with van der Waals surface area (Å²) in [5.74, 6) is 2.83. The van der Waals surface area contributed by atoms with E-state index < -0.39 is 0 Å². The van der Waals surface area contributed by atoms with Crippen LogP contribution in [0.5, 0.6) is 11.5 Å². The lowest BCUT2D eigenvalue weighted by molar-refractivity contribution is 0.144. The predicted octanol–water partition coefficient (Wildman–Crippen LogP) is 2.87. The molecule has 1 fully saturated rings. The Morgan fingerprint density at radius 3 is 2.31 bits per heavy atom. The van der Waals surface area contributed by atoms with Crippen LogP contribution in [0, 0.1) is 0 Å². The highest BCUT2D eigenvalue weighted by atomic mass is 16.5. The zero-order valence-electron chi connectivity index (χ0n) is 17.7. The van der Waals surface area contributed by atoms with Crippen molar-refractivity contribution >= 4 is 11.7 Å². The molecule has 0 bridgehead atoms. The van der Waals surface area contributed by atoms with Gasteiger partial charge in [0.05, 0.1) is 14.2 Å². The van der Waals surface area contributed by atoms with E-state index in [-0.39, 0.29) is 6.03 Å². The van der Waals surface area contributed by atoms with E-state index in [0.29, 0.717) is 36.2 Å². The highest BCUT2D eigenvalue weighted by Gasteiger charge is 2.21. The molecular formula is C21H31N5O3. The molecule has 1 saturated heterocycles. The van der Waals surface area contributed by atoms with Crippen molar-refractivity contribution in [3.63, 3.8) is 0 Å². The number of piperazine rings is 1. The van der Waals surface area contributed by atoms with Gasteiger partial charge in [-0.05, 0) is 0 Å². The maximum Gasteiger partial charge on any atom is 0.321 e. The third kappa shape index (κ3) is 5.41. The smallest absolute Gasteiger partial charge is 0.321 e. The van der Waals surface area contributed by atoms with Crippen molar-refractivity contribution in [3.05, 3.63) is 36.4 Å². The van der Waals surface area contributed by atoms with E-state index in [1.807, 2.05) is 17.3 Å². The fourth-order valence-corrected chi connectivity index (χ4v) is 3.52. The standard InChI is InChI=1S/C21H31N5O3/c1-16(2)20-22-5-6-25(20)10-7-24-8-11-26(12-9-24)21(27)23-17-13-18(28-3)15-19(14-17)29-4/h5-6,13-16H,7-12H2,1-4H3,(H,23,27). The first-order valence-corrected chi connectivity index (χ1v) is 10.0. The van der Waals surface area contributed by atoms with Crippen LogP contribution >= 0.6 is 0 Å². The lowest BCUT2D eigenvalue weighted by Crippen LogP contribution is -2.50. The molecule has 1 aliphatic rings. The molecule has 0 unspecified atom stereocenters. The van der Waals surface area contributed by atoms with Crippen LogP contribution in [0.2, 0.25) is 0 Å². The summed E-state index contributed by atoms with van der Waals surface area (Å²) >= 11 is 0. The van der Waals surface area contributed by atoms with Crippen LogP contribution < -0.4 is 14.8 Å². The van der Waals surface area contributed by atoms with E-state index in [0.717, 1.165) is 32.0 Å². The Morgan fingerprint density at radius 1 is 1.07 bits per heavy atom. The third-order valence-corrected chi connectivity index (χ3v) is 5.18. The number of carbonyl (C=O) groups is 1. The lowest BCUT2D eigenvalue weighted by Gasteiger charge is -2.34. The average Bonchev–Trinajstić information content (AvgIpc) is 3.21. The van der Waals surface area contributed by atoms with Crippen LogP contribution in [0.4, 0.5) is 10.5 Å². The summed E-state index contributed by atoms with van der Waals surface area (Å²) in [6, 6.07) is 5.25. The molecule has 1 aliphatic heterocycles. The Labute approximate surface area is 172 Å². The van der Waals surface area contributed by atoms with Gasteiger partial charge in [-0.3, -0.25) is 4.90 Å². The maximum atomic E-state index is 12.6. The third-order valence-electron chi connectivity index (χ3n) is 5.18. The number of rotatable bonds is 7. The number of methoxy groups -OCH3 is 2. The Kier molecular flexibility index (Phi) is 6.98. The highest BCUT2D eigenvalue weighted by molar-refractivity contribution is 5.90. The maximum absolute atomic E-state index is 12.6. The zero-order valence-corrected chi connectivity index (χ0v) is 17.7. The van der Waals surface area contributed by atoms with Crippen molar-refractivity contribution in [1.82, 2.24) is 19.4 Å². The van der Waals surface area contributed by atoms with Gasteiger partial charge in [-0.25, -0.2) is 9.78 Å². The Hall–Kier alpha value is -2.74. The molecule has 0 spiro atoms. The molecule has 8 heteroatoms. The van der Waals surface area contributed by atoms with Crippen molar-refractivity contribution in [2.24, 2.45) is 0 Å². The molecule has 29 heavy (non-hydrogen) atoms. The van der Waals surface area contributed by atoms with E-state index in [1.54, 1.807) is 32.4 Å². The monoisotopic (exact) mass is 401 g/mol. The van der Waals surface area contributed by atoms with E-state index in [9.17, 15) is 4.79 Å².